The van der Waals surface area contributed by atoms with Gasteiger partial charge >= 0.3 is 0 Å². The Morgan fingerprint density at radius 1 is 0.750 bits per heavy atom. The average Bonchev–Trinajstić information content (AvgIpc) is 2.20. The van der Waals surface area contributed by atoms with Crippen LogP contribution in [0.4, 0.5) is 0 Å². The highest BCUT2D eigenvalue weighted by molar-refractivity contribution is 5.13. The maximum Gasteiger partial charge on any atom is -0.0199 e. The van der Waals surface area contributed by atoms with Gasteiger partial charge in [-0.25, -0.2) is 0 Å². The van der Waals surface area contributed by atoms with Crippen LogP contribution in [0.2, 0.25) is 0 Å². The molecule has 0 aromatic carbocycles. The summed E-state index contributed by atoms with van der Waals surface area (Å²) in [5.41, 5.74) is 0. The molecular formula is C12H16. The van der Waals surface area contributed by atoms with Crippen LogP contribution in [-0.4, -0.2) is 0 Å². The number of rotatable bonds is 0. The molecule has 4 rings (SSSR count). The average molecular weight is 160 g/mol. The quantitative estimate of drug-likeness (QED) is 0.477. The highest BCUT2D eigenvalue weighted by Crippen LogP contribution is 2.49. The highest BCUT2D eigenvalue weighted by Gasteiger charge is 2.39. The van der Waals surface area contributed by atoms with Crippen LogP contribution >= 0.6 is 0 Å². The Morgan fingerprint density at radius 3 is 1.67 bits per heavy atom. The van der Waals surface area contributed by atoms with Gasteiger partial charge in [0.1, 0.15) is 0 Å². The maximum atomic E-state index is 2.49. The molecule has 0 saturated heterocycles. The first-order valence-corrected chi connectivity index (χ1v) is 5.28. The minimum Gasteiger partial charge on any atom is -0.0882 e. The molecule has 1 fully saturated rings. The van der Waals surface area contributed by atoms with Crippen molar-refractivity contribution in [1.29, 1.82) is 0 Å². The molecule has 0 N–H and O–H groups in total. The van der Waals surface area contributed by atoms with E-state index in [1.54, 1.807) is 0 Å². The Bertz CT molecular complexity index is 212. The molecule has 2 bridgehead atoms. The zero-order chi connectivity index (χ0) is 7.97. The molecule has 0 heteroatoms. The Labute approximate surface area is 74.4 Å². The fourth-order valence-electron chi connectivity index (χ4n) is 3.42. The first kappa shape index (κ1) is 6.94. The lowest BCUT2D eigenvalue weighted by molar-refractivity contribution is 0.119. The van der Waals surface area contributed by atoms with Gasteiger partial charge in [-0.15, -0.1) is 0 Å². The van der Waals surface area contributed by atoms with Gasteiger partial charge in [0.2, 0.25) is 0 Å². The second-order valence-corrected chi connectivity index (χ2v) is 4.56. The molecule has 0 radical (unpaired) electrons. The minimum atomic E-state index is 0.935. The molecule has 4 atom stereocenters. The molecule has 64 valence electrons. The van der Waals surface area contributed by atoms with Crippen molar-refractivity contribution in [2.24, 2.45) is 23.7 Å². The molecule has 0 nitrogen and oxygen atoms in total. The van der Waals surface area contributed by atoms with Crippen molar-refractivity contribution in [2.45, 2.75) is 25.7 Å². The Hall–Kier alpha value is -0.520. The predicted molar refractivity (Wildman–Crippen MR) is 50.7 cm³/mol. The Balaban J connectivity index is 1.95. The van der Waals surface area contributed by atoms with Gasteiger partial charge in [-0.2, -0.15) is 0 Å². The smallest absolute Gasteiger partial charge is 0.0199 e. The van der Waals surface area contributed by atoms with Crippen molar-refractivity contribution >= 4 is 0 Å². The van der Waals surface area contributed by atoms with Gasteiger partial charge in [-0.05, 0) is 49.4 Å². The van der Waals surface area contributed by atoms with Crippen LogP contribution in [0.3, 0.4) is 0 Å². The number of hydrogen-bond acceptors (Lipinski definition) is 0. The molecule has 0 aliphatic heterocycles. The summed E-state index contributed by atoms with van der Waals surface area (Å²) in [5.74, 6) is 3.90. The molecule has 0 aromatic heterocycles. The lowest BCUT2D eigenvalue weighted by atomic mass is 9.59. The van der Waals surface area contributed by atoms with Gasteiger partial charge in [0.05, 0.1) is 0 Å². The van der Waals surface area contributed by atoms with Crippen molar-refractivity contribution in [3.05, 3.63) is 24.3 Å². The monoisotopic (exact) mass is 160 g/mol. The molecule has 4 aliphatic carbocycles. The third-order valence-corrected chi connectivity index (χ3v) is 4.07. The van der Waals surface area contributed by atoms with Gasteiger partial charge in [0.15, 0.2) is 0 Å². The molecule has 0 heterocycles. The first-order valence-electron chi connectivity index (χ1n) is 5.28. The van der Waals surface area contributed by atoms with Crippen molar-refractivity contribution in [2.75, 3.05) is 0 Å². The lowest BCUT2D eigenvalue weighted by Gasteiger charge is -2.46. The molecular weight excluding hydrogens is 144 g/mol. The van der Waals surface area contributed by atoms with E-state index in [2.05, 4.69) is 24.3 Å². The highest BCUT2D eigenvalue weighted by atomic mass is 14.4. The SMILES string of the molecule is C1=CC[C@H]2[C@H](C1)[C@H]1C=C[C@H]2CC1. The van der Waals surface area contributed by atoms with Gasteiger partial charge in [0, 0.05) is 0 Å². The summed E-state index contributed by atoms with van der Waals surface area (Å²) in [5, 5.41) is 0. The van der Waals surface area contributed by atoms with Crippen LogP contribution in [0.5, 0.6) is 0 Å². The largest absolute Gasteiger partial charge is 0.0882 e. The number of hydrogen-bond donors (Lipinski definition) is 0. The van der Waals surface area contributed by atoms with Crippen LogP contribution in [-0.2, 0) is 0 Å². The van der Waals surface area contributed by atoms with Crippen molar-refractivity contribution in [1.82, 2.24) is 0 Å². The fraction of sp³-hybridized carbons (Fsp3) is 0.667. The third kappa shape index (κ3) is 0.840. The lowest BCUT2D eigenvalue weighted by Crippen LogP contribution is -2.37. The second-order valence-electron chi connectivity index (χ2n) is 4.56. The van der Waals surface area contributed by atoms with Crippen LogP contribution in [0.25, 0.3) is 0 Å². The van der Waals surface area contributed by atoms with Crippen LogP contribution < -0.4 is 0 Å². The van der Waals surface area contributed by atoms with E-state index >= 15 is 0 Å². The zero-order valence-corrected chi connectivity index (χ0v) is 7.45. The van der Waals surface area contributed by atoms with E-state index in [1.807, 2.05) is 0 Å². The summed E-state index contributed by atoms with van der Waals surface area (Å²) in [6, 6.07) is 0. The van der Waals surface area contributed by atoms with E-state index in [-0.39, 0.29) is 0 Å². The topological polar surface area (TPSA) is 0 Å². The standard InChI is InChI=1S/C12H16/c1-2-4-12-10-7-5-9(6-8-10)11(12)3-1/h1-2,5,7,9-12H,3-4,6,8H2/t9-,10-,11+,12+/m0/s1. The van der Waals surface area contributed by atoms with Crippen LogP contribution in [0, 0.1) is 23.7 Å². The fourth-order valence-corrected chi connectivity index (χ4v) is 3.42. The predicted octanol–water partition coefficient (Wildman–Crippen LogP) is 3.16. The number of fused-ring (bicyclic) bond motifs is 1. The van der Waals surface area contributed by atoms with E-state index in [9.17, 15) is 0 Å². The maximum absolute atomic E-state index is 2.49. The van der Waals surface area contributed by atoms with E-state index in [1.165, 1.54) is 25.7 Å². The van der Waals surface area contributed by atoms with Crippen molar-refractivity contribution in [3.8, 4) is 0 Å². The molecule has 0 amide bonds. The Morgan fingerprint density at radius 2 is 1.25 bits per heavy atom. The van der Waals surface area contributed by atoms with Gasteiger partial charge in [0.25, 0.3) is 0 Å². The molecule has 0 aromatic rings. The van der Waals surface area contributed by atoms with Gasteiger partial charge < -0.3 is 0 Å². The van der Waals surface area contributed by atoms with Gasteiger partial charge in [-0.3, -0.25) is 0 Å². The summed E-state index contributed by atoms with van der Waals surface area (Å²) in [6.45, 7) is 0. The van der Waals surface area contributed by atoms with Crippen LogP contribution in [0.1, 0.15) is 25.7 Å². The van der Waals surface area contributed by atoms with Gasteiger partial charge in [-0.1, -0.05) is 24.3 Å². The first-order chi connectivity index (χ1) is 5.95. The molecule has 4 aliphatic rings. The van der Waals surface area contributed by atoms with Crippen LogP contribution in [0.15, 0.2) is 24.3 Å². The summed E-state index contributed by atoms with van der Waals surface area (Å²) in [4.78, 5) is 0. The molecule has 12 heavy (non-hydrogen) atoms. The summed E-state index contributed by atoms with van der Waals surface area (Å²) in [6.07, 6.45) is 15.4. The minimum absolute atomic E-state index is 0.935. The van der Waals surface area contributed by atoms with Crippen molar-refractivity contribution < 1.29 is 0 Å². The Kier molecular flexibility index (Phi) is 1.44. The summed E-state index contributed by atoms with van der Waals surface area (Å²) < 4.78 is 0. The number of allylic oxidation sites excluding steroid dienone is 4. The normalized spacial score (nSPS) is 49.3. The summed E-state index contributed by atoms with van der Waals surface area (Å²) >= 11 is 0. The molecule has 0 spiro atoms. The van der Waals surface area contributed by atoms with E-state index in [0.29, 0.717) is 0 Å². The summed E-state index contributed by atoms with van der Waals surface area (Å²) in [7, 11) is 0. The van der Waals surface area contributed by atoms with Crippen molar-refractivity contribution in [3.63, 3.8) is 0 Å². The third-order valence-electron chi connectivity index (χ3n) is 4.07. The van der Waals surface area contributed by atoms with E-state index in [0.717, 1.165) is 23.7 Å². The molecule has 1 saturated carbocycles. The molecule has 0 unspecified atom stereocenters. The van der Waals surface area contributed by atoms with E-state index in [4.69, 9.17) is 0 Å². The second kappa shape index (κ2) is 2.48. The zero-order valence-electron chi connectivity index (χ0n) is 7.45. The van der Waals surface area contributed by atoms with E-state index < -0.39 is 0 Å².